The van der Waals surface area contributed by atoms with Crippen LogP contribution in [0.15, 0.2) is 71.6 Å². The zero-order valence-corrected chi connectivity index (χ0v) is 19.4. The van der Waals surface area contributed by atoms with Crippen LogP contribution in [0.5, 0.6) is 0 Å². The lowest BCUT2D eigenvalue weighted by Crippen LogP contribution is -2.28. The van der Waals surface area contributed by atoms with E-state index in [0.29, 0.717) is 11.3 Å². The lowest BCUT2D eigenvalue weighted by atomic mass is 10.0. The fourth-order valence-corrected chi connectivity index (χ4v) is 5.26. The summed E-state index contributed by atoms with van der Waals surface area (Å²) in [6, 6.07) is 19.7. The lowest BCUT2D eigenvalue weighted by Gasteiger charge is -2.21. The number of amides is 1. The first-order valence-corrected chi connectivity index (χ1v) is 12.3. The van der Waals surface area contributed by atoms with Gasteiger partial charge in [-0.1, -0.05) is 42.0 Å². The summed E-state index contributed by atoms with van der Waals surface area (Å²) in [4.78, 5) is 13.1. The zero-order chi connectivity index (χ0) is 22.9. The largest absolute Gasteiger partial charge is 0.346 e. The molecule has 1 N–H and O–H groups in total. The number of anilines is 1. The van der Waals surface area contributed by atoms with E-state index in [-0.39, 0.29) is 16.8 Å². The highest BCUT2D eigenvalue weighted by Crippen LogP contribution is 2.26. The number of benzene rings is 3. The highest BCUT2D eigenvalue weighted by Gasteiger charge is 2.22. The molecule has 3 aromatic rings. The molecular weight excluding hydrogens is 420 g/mol. The summed E-state index contributed by atoms with van der Waals surface area (Å²) in [5, 5.41) is 3.04. The molecule has 0 saturated heterocycles. The number of hydrogen-bond donors (Lipinski definition) is 1. The van der Waals surface area contributed by atoms with Gasteiger partial charge in [-0.15, -0.1) is 0 Å². The Bertz CT molecular complexity index is 1250. The molecule has 1 aliphatic carbocycles. The van der Waals surface area contributed by atoms with Gasteiger partial charge in [0.25, 0.3) is 15.9 Å². The third-order valence-corrected chi connectivity index (χ3v) is 7.92. The summed E-state index contributed by atoms with van der Waals surface area (Å²) in [5.74, 6) is -0.235. The van der Waals surface area contributed by atoms with E-state index in [4.69, 9.17) is 0 Å². The molecule has 0 saturated carbocycles. The molecule has 0 aromatic heterocycles. The SMILES string of the molecule is Cc1ccc(S(=O)(=O)N(C)c2cccc(C(=O)N[C@H](C)c3ccc4c(c3)CCC4)c2)cc1. The van der Waals surface area contributed by atoms with Crippen LogP contribution in [-0.4, -0.2) is 21.4 Å². The first-order valence-electron chi connectivity index (χ1n) is 10.8. The van der Waals surface area contributed by atoms with E-state index in [0.717, 1.165) is 24.0 Å². The predicted molar refractivity (Wildman–Crippen MR) is 128 cm³/mol. The Morgan fingerprint density at radius 3 is 2.44 bits per heavy atom. The van der Waals surface area contributed by atoms with E-state index < -0.39 is 10.0 Å². The fraction of sp³-hybridized carbons (Fsp3) is 0.269. The highest BCUT2D eigenvalue weighted by atomic mass is 32.2. The number of nitrogens with zero attached hydrogens (tertiary/aromatic N) is 1. The molecule has 6 heteroatoms. The van der Waals surface area contributed by atoms with Gasteiger partial charge in [0.05, 0.1) is 16.6 Å². The molecule has 3 aromatic carbocycles. The van der Waals surface area contributed by atoms with Crippen LogP contribution in [0.1, 0.15) is 52.0 Å². The van der Waals surface area contributed by atoms with Crippen LogP contribution in [0.3, 0.4) is 0 Å². The molecular formula is C26H28N2O3S. The summed E-state index contributed by atoms with van der Waals surface area (Å²) >= 11 is 0. The van der Waals surface area contributed by atoms with E-state index in [1.807, 2.05) is 13.8 Å². The minimum atomic E-state index is -3.72. The third kappa shape index (κ3) is 4.41. The van der Waals surface area contributed by atoms with E-state index >= 15 is 0 Å². The summed E-state index contributed by atoms with van der Waals surface area (Å²) in [7, 11) is -2.22. The Hall–Kier alpha value is -3.12. The average molecular weight is 449 g/mol. The maximum atomic E-state index is 13.0. The number of sulfonamides is 1. The van der Waals surface area contributed by atoms with Gasteiger partial charge >= 0.3 is 0 Å². The molecule has 1 atom stereocenters. The average Bonchev–Trinajstić information content (AvgIpc) is 3.27. The van der Waals surface area contributed by atoms with Crippen molar-refractivity contribution in [2.45, 2.75) is 44.0 Å². The smallest absolute Gasteiger partial charge is 0.264 e. The molecule has 0 heterocycles. The van der Waals surface area contributed by atoms with Gasteiger partial charge in [0, 0.05) is 12.6 Å². The molecule has 0 bridgehead atoms. The number of carbonyl (C=O) groups is 1. The van der Waals surface area contributed by atoms with Gasteiger partial charge < -0.3 is 5.32 Å². The topological polar surface area (TPSA) is 66.5 Å². The molecule has 0 spiro atoms. The first-order chi connectivity index (χ1) is 15.3. The van der Waals surface area contributed by atoms with Gasteiger partial charge in [-0.3, -0.25) is 9.10 Å². The number of nitrogens with one attached hydrogen (secondary N) is 1. The normalized spacial score (nSPS) is 14.0. The third-order valence-electron chi connectivity index (χ3n) is 6.12. The van der Waals surface area contributed by atoms with Gasteiger partial charge in [0.15, 0.2) is 0 Å². The van der Waals surface area contributed by atoms with Crippen molar-refractivity contribution >= 4 is 21.6 Å². The van der Waals surface area contributed by atoms with Gasteiger partial charge in [0.1, 0.15) is 0 Å². The second kappa shape index (κ2) is 8.79. The predicted octanol–water partition coefficient (Wildman–Crippen LogP) is 4.80. The van der Waals surface area contributed by atoms with Crippen molar-refractivity contribution in [2.24, 2.45) is 0 Å². The van der Waals surface area contributed by atoms with Gasteiger partial charge in [0.2, 0.25) is 0 Å². The van der Waals surface area contributed by atoms with Crippen LogP contribution in [0, 0.1) is 6.92 Å². The number of fused-ring (bicyclic) bond motifs is 1. The van der Waals surface area contributed by atoms with Crippen molar-refractivity contribution in [3.05, 3.63) is 94.5 Å². The molecule has 4 rings (SSSR count). The molecule has 0 unspecified atom stereocenters. The molecule has 1 amide bonds. The number of carbonyl (C=O) groups excluding carboxylic acids is 1. The van der Waals surface area contributed by atoms with Crippen LogP contribution >= 0.6 is 0 Å². The second-order valence-electron chi connectivity index (χ2n) is 8.41. The Labute approximate surface area is 190 Å². The molecule has 0 aliphatic heterocycles. The van der Waals surface area contributed by atoms with E-state index in [2.05, 4.69) is 23.5 Å². The quantitative estimate of drug-likeness (QED) is 0.589. The fourth-order valence-electron chi connectivity index (χ4n) is 4.07. The minimum absolute atomic E-state index is 0.147. The van der Waals surface area contributed by atoms with Gasteiger partial charge in [-0.25, -0.2) is 8.42 Å². The van der Waals surface area contributed by atoms with Crippen molar-refractivity contribution in [3.63, 3.8) is 0 Å². The lowest BCUT2D eigenvalue weighted by molar-refractivity contribution is 0.0940. The van der Waals surface area contributed by atoms with Gasteiger partial charge in [-0.05, 0) is 80.1 Å². The van der Waals surface area contributed by atoms with E-state index in [1.54, 1.807) is 48.5 Å². The van der Waals surface area contributed by atoms with Crippen LogP contribution in [0.2, 0.25) is 0 Å². The van der Waals surface area contributed by atoms with Crippen LogP contribution in [0.25, 0.3) is 0 Å². The monoisotopic (exact) mass is 448 g/mol. The molecule has 5 nitrogen and oxygen atoms in total. The number of hydrogen-bond acceptors (Lipinski definition) is 3. The number of rotatable bonds is 6. The maximum Gasteiger partial charge on any atom is 0.264 e. The van der Waals surface area contributed by atoms with Crippen molar-refractivity contribution in [3.8, 4) is 0 Å². The van der Waals surface area contributed by atoms with Gasteiger partial charge in [-0.2, -0.15) is 0 Å². The Morgan fingerprint density at radius 1 is 0.969 bits per heavy atom. The zero-order valence-electron chi connectivity index (χ0n) is 18.6. The minimum Gasteiger partial charge on any atom is -0.346 e. The maximum absolute atomic E-state index is 13.0. The molecule has 32 heavy (non-hydrogen) atoms. The van der Waals surface area contributed by atoms with Crippen LogP contribution in [-0.2, 0) is 22.9 Å². The Balaban J connectivity index is 1.51. The van der Waals surface area contributed by atoms with Crippen molar-refractivity contribution in [1.82, 2.24) is 5.32 Å². The van der Waals surface area contributed by atoms with E-state index in [1.165, 1.54) is 28.9 Å². The second-order valence-corrected chi connectivity index (χ2v) is 10.4. The highest BCUT2D eigenvalue weighted by molar-refractivity contribution is 7.92. The standard InChI is InChI=1S/C26H28N2O3S/c1-18-10-14-25(15-11-18)32(30,31)28(3)24-9-5-8-23(17-24)26(29)27-19(2)21-13-12-20-6-4-7-22(20)16-21/h5,8-17,19H,4,6-7H2,1-3H3,(H,27,29)/t19-/m1/s1. The van der Waals surface area contributed by atoms with Crippen molar-refractivity contribution < 1.29 is 13.2 Å². The molecule has 166 valence electrons. The summed E-state index contributed by atoms with van der Waals surface area (Å²) in [5.41, 5.74) is 5.69. The summed E-state index contributed by atoms with van der Waals surface area (Å²) in [6.45, 7) is 3.87. The van der Waals surface area contributed by atoms with Crippen LogP contribution < -0.4 is 9.62 Å². The van der Waals surface area contributed by atoms with Crippen LogP contribution in [0.4, 0.5) is 5.69 Å². The van der Waals surface area contributed by atoms with Crippen molar-refractivity contribution in [2.75, 3.05) is 11.4 Å². The van der Waals surface area contributed by atoms with Crippen molar-refractivity contribution in [1.29, 1.82) is 0 Å². The van der Waals surface area contributed by atoms with E-state index in [9.17, 15) is 13.2 Å². The molecule has 1 aliphatic rings. The molecule has 0 fully saturated rings. The molecule has 0 radical (unpaired) electrons. The Morgan fingerprint density at radius 2 is 1.69 bits per heavy atom. The number of aryl methyl sites for hydroxylation is 3. The first kappa shape index (κ1) is 22.1. The summed E-state index contributed by atoms with van der Waals surface area (Å²) in [6.07, 6.45) is 3.40. The Kier molecular flexibility index (Phi) is 6.07. The summed E-state index contributed by atoms with van der Waals surface area (Å²) < 4.78 is 27.2.